The van der Waals surface area contributed by atoms with Crippen molar-refractivity contribution in [3.05, 3.63) is 120 Å². The van der Waals surface area contributed by atoms with Crippen LogP contribution in [0.1, 0.15) is 15.9 Å². The highest BCUT2D eigenvalue weighted by atomic mass is 16.5. The average Bonchev–Trinajstić information content (AvgIpc) is 2.80. The Labute approximate surface area is 175 Å². The highest BCUT2D eigenvalue weighted by Gasteiger charge is 2.11. The smallest absolute Gasteiger partial charge is 0.255 e. The maximum Gasteiger partial charge on any atom is 0.255 e. The summed E-state index contributed by atoms with van der Waals surface area (Å²) in [5, 5.41) is 2.93. The van der Waals surface area contributed by atoms with E-state index in [9.17, 15) is 4.79 Å². The van der Waals surface area contributed by atoms with Gasteiger partial charge in [0.25, 0.3) is 5.91 Å². The fraction of sp³-hybridized carbons (Fsp3) is 0.0385. The molecule has 30 heavy (non-hydrogen) atoms. The zero-order chi connectivity index (χ0) is 20.6. The van der Waals surface area contributed by atoms with Gasteiger partial charge in [-0.05, 0) is 48.0 Å². The molecule has 0 spiro atoms. The van der Waals surface area contributed by atoms with Gasteiger partial charge in [-0.2, -0.15) is 0 Å². The molecule has 0 bridgehead atoms. The molecule has 0 saturated carbocycles. The predicted molar refractivity (Wildman–Crippen MR) is 118 cm³/mol. The molecule has 1 N–H and O–H groups in total. The number of benzene rings is 4. The Hall–Kier alpha value is -4.05. The van der Waals surface area contributed by atoms with Crippen LogP contribution in [0.3, 0.4) is 0 Å². The molecule has 1 amide bonds. The van der Waals surface area contributed by atoms with Gasteiger partial charge in [0.1, 0.15) is 18.1 Å². The number of hydrogen-bond donors (Lipinski definition) is 1. The molecule has 0 fully saturated rings. The molecule has 0 saturated heterocycles. The molecule has 148 valence electrons. The van der Waals surface area contributed by atoms with Crippen LogP contribution in [0, 0.1) is 0 Å². The molecule has 4 aromatic rings. The molecule has 0 aliphatic heterocycles. The van der Waals surface area contributed by atoms with Crippen molar-refractivity contribution in [2.24, 2.45) is 0 Å². The van der Waals surface area contributed by atoms with E-state index in [-0.39, 0.29) is 5.91 Å². The molecule has 0 radical (unpaired) electrons. The van der Waals surface area contributed by atoms with Gasteiger partial charge < -0.3 is 14.8 Å². The van der Waals surface area contributed by atoms with E-state index in [0.29, 0.717) is 35.1 Å². The second-order valence-corrected chi connectivity index (χ2v) is 6.67. The van der Waals surface area contributed by atoms with Gasteiger partial charge in [-0.1, -0.05) is 66.7 Å². The maximum atomic E-state index is 12.8. The lowest BCUT2D eigenvalue weighted by atomic mass is 10.2. The molecule has 0 atom stereocenters. The summed E-state index contributed by atoms with van der Waals surface area (Å²) in [6.07, 6.45) is 0. The SMILES string of the molecule is O=C(Nc1ccccc1Oc1ccccc1)c1cccc(OCc2ccccc2)c1. The maximum absolute atomic E-state index is 12.8. The van der Waals surface area contributed by atoms with Gasteiger partial charge in [-0.3, -0.25) is 4.79 Å². The molecule has 4 rings (SSSR count). The molecule has 0 unspecified atom stereocenters. The van der Waals surface area contributed by atoms with Gasteiger partial charge in [0, 0.05) is 5.56 Å². The molecule has 0 aliphatic rings. The van der Waals surface area contributed by atoms with Crippen LogP contribution in [0.25, 0.3) is 0 Å². The lowest BCUT2D eigenvalue weighted by Crippen LogP contribution is -2.12. The first kappa shape index (κ1) is 19.3. The quantitative estimate of drug-likeness (QED) is 0.399. The normalized spacial score (nSPS) is 10.3. The molecular weight excluding hydrogens is 374 g/mol. The largest absolute Gasteiger partial charge is 0.489 e. The number of carbonyl (C=O) groups is 1. The summed E-state index contributed by atoms with van der Waals surface area (Å²) in [6, 6.07) is 33.9. The van der Waals surface area contributed by atoms with E-state index in [1.807, 2.05) is 97.1 Å². The molecule has 0 heterocycles. The first-order valence-electron chi connectivity index (χ1n) is 9.68. The standard InChI is InChI=1S/C26H21NO3/c28-26(21-12-9-15-23(18-21)29-19-20-10-3-1-4-11-20)27-24-16-7-8-17-25(24)30-22-13-5-2-6-14-22/h1-18H,19H2,(H,27,28). The summed E-state index contributed by atoms with van der Waals surface area (Å²) in [5.41, 5.74) is 2.18. The Balaban J connectivity index is 1.45. The highest BCUT2D eigenvalue weighted by molar-refractivity contribution is 6.05. The van der Waals surface area contributed by atoms with Crippen molar-refractivity contribution in [3.8, 4) is 17.2 Å². The third-order valence-electron chi connectivity index (χ3n) is 4.45. The molecule has 0 aromatic heterocycles. The van der Waals surface area contributed by atoms with Gasteiger partial charge in [0.05, 0.1) is 5.69 Å². The van der Waals surface area contributed by atoms with Crippen molar-refractivity contribution >= 4 is 11.6 Å². The van der Waals surface area contributed by atoms with E-state index >= 15 is 0 Å². The minimum absolute atomic E-state index is 0.232. The second kappa shape index (κ2) is 9.43. The van der Waals surface area contributed by atoms with Gasteiger partial charge in [0.15, 0.2) is 5.75 Å². The van der Waals surface area contributed by atoms with Crippen LogP contribution < -0.4 is 14.8 Å². The topological polar surface area (TPSA) is 47.6 Å². The number of nitrogens with one attached hydrogen (secondary N) is 1. The van der Waals surface area contributed by atoms with Crippen molar-refractivity contribution in [3.63, 3.8) is 0 Å². The number of para-hydroxylation sites is 3. The molecule has 4 nitrogen and oxygen atoms in total. The molecule has 0 aliphatic carbocycles. The summed E-state index contributed by atoms with van der Waals surface area (Å²) >= 11 is 0. The van der Waals surface area contributed by atoms with E-state index in [1.165, 1.54) is 0 Å². The van der Waals surface area contributed by atoms with E-state index in [1.54, 1.807) is 12.1 Å². The van der Waals surface area contributed by atoms with Crippen molar-refractivity contribution in [1.82, 2.24) is 0 Å². The number of hydrogen-bond acceptors (Lipinski definition) is 3. The Morgan fingerprint density at radius 3 is 2.17 bits per heavy atom. The zero-order valence-corrected chi connectivity index (χ0v) is 16.3. The lowest BCUT2D eigenvalue weighted by molar-refractivity contribution is 0.102. The van der Waals surface area contributed by atoms with Crippen LogP contribution >= 0.6 is 0 Å². The summed E-state index contributed by atoms with van der Waals surface area (Å²) in [6.45, 7) is 0.444. The Kier molecular flexibility index (Phi) is 6.06. The summed E-state index contributed by atoms with van der Waals surface area (Å²) in [5.74, 6) is 1.69. The van der Waals surface area contributed by atoms with Crippen molar-refractivity contribution in [2.45, 2.75) is 6.61 Å². The first-order chi connectivity index (χ1) is 14.8. The predicted octanol–water partition coefficient (Wildman–Crippen LogP) is 6.31. The van der Waals surface area contributed by atoms with Gasteiger partial charge in [-0.25, -0.2) is 0 Å². The second-order valence-electron chi connectivity index (χ2n) is 6.67. The van der Waals surface area contributed by atoms with Crippen LogP contribution in [-0.4, -0.2) is 5.91 Å². The number of amides is 1. The van der Waals surface area contributed by atoms with E-state index in [4.69, 9.17) is 9.47 Å². The average molecular weight is 395 g/mol. The van der Waals surface area contributed by atoms with Gasteiger partial charge in [-0.15, -0.1) is 0 Å². The van der Waals surface area contributed by atoms with Crippen LogP contribution in [0.15, 0.2) is 109 Å². The van der Waals surface area contributed by atoms with E-state index < -0.39 is 0 Å². The third kappa shape index (κ3) is 5.06. The van der Waals surface area contributed by atoms with Crippen molar-refractivity contribution < 1.29 is 14.3 Å². The molecular formula is C26H21NO3. The third-order valence-corrected chi connectivity index (χ3v) is 4.45. The first-order valence-corrected chi connectivity index (χ1v) is 9.68. The Morgan fingerprint density at radius 2 is 1.37 bits per heavy atom. The number of carbonyl (C=O) groups excluding carboxylic acids is 1. The van der Waals surface area contributed by atoms with E-state index in [2.05, 4.69) is 5.32 Å². The van der Waals surface area contributed by atoms with Gasteiger partial charge in [0.2, 0.25) is 0 Å². The minimum Gasteiger partial charge on any atom is -0.489 e. The molecule has 4 heteroatoms. The minimum atomic E-state index is -0.232. The van der Waals surface area contributed by atoms with Gasteiger partial charge >= 0.3 is 0 Å². The van der Waals surface area contributed by atoms with Crippen LogP contribution in [0.5, 0.6) is 17.2 Å². The van der Waals surface area contributed by atoms with Crippen molar-refractivity contribution in [2.75, 3.05) is 5.32 Å². The summed E-state index contributed by atoms with van der Waals surface area (Å²) in [4.78, 5) is 12.8. The monoisotopic (exact) mass is 395 g/mol. The van der Waals surface area contributed by atoms with E-state index in [0.717, 1.165) is 5.56 Å². The van der Waals surface area contributed by atoms with Crippen LogP contribution in [0.2, 0.25) is 0 Å². The number of rotatable bonds is 7. The Bertz CT molecular complexity index is 1110. The lowest BCUT2D eigenvalue weighted by Gasteiger charge is -2.13. The number of anilines is 1. The summed E-state index contributed by atoms with van der Waals surface area (Å²) < 4.78 is 11.7. The highest BCUT2D eigenvalue weighted by Crippen LogP contribution is 2.29. The fourth-order valence-electron chi connectivity index (χ4n) is 2.94. The van der Waals surface area contributed by atoms with Crippen LogP contribution in [0.4, 0.5) is 5.69 Å². The fourth-order valence-corrected chi connectivity index (χ4v) is 2.94. The number of ether oxygens (including phenoxy) is 2. The van der Waals surface area contributed by atoms with Crippen molar-refractivity contribution in [1.29, 1.82) is 0 Å². The van der Waals surface area contributed by atoms with Crippen LogP contribution in [-0.2, 0) is 6.61 Å². The zero-order valence-electron chi connectivity index (χ0n) is 16.3. The summed E-state index contributed by atoms with van der Waals surface area (Å²) in [7, 11) is 0. The Morgan fingerprint density at radius 1 is 0.700 bits per heavy atom. The molecule has 4 aromatic carbocycles.